The summed E-state index contributed by atoms with van der Waals surface area (Å²) in [6, 6.07) is 14.1. The molecule has 1 aliphatic rings. The van der Waals surface area contributed by atoms with Crippen molar-refractivity contribution in [3.63, 3.8) is 0 Å². The molecule has 3 rings (SSSR count). The third-order valence-electron chi connectivity index (χ3n) is 3.71. The van der Waals surface area contributed by atoms with E-state index in [-0.39, 0.29) is 0 Å². The Morgan fingerprint density at radius 3 is 2.47 bits per heavy atom. The molecule has 0 radical (unpaired) electrons. The van der Waals surface area contributed by atoms with Crippen molar-refractivity contribution in [2.24, 2.45) is 0 Å². The Labute approximate surface area is 117 Å². The van der Waals surface area contributed by atoms with Gasteiger partial charge in [0.2, 0.25) is 9.05 Å². The predicted molar refractivity (Wildman–Crippen MR) is 77.9 cm³/mol. The van der Waals surface area contributed by atoms with E-state index in [0.29, 0.717) is 0 Å². The number of rotatable bonds is 2. The highest BCUT2D eigenvalue weighted by Crippen LogP contribution is 2.38. The second-order valence-electron chi connectivity index (χ2n) is 4.87. The summed E-state index contributed by atoms with van der Waals surface area (Å²) in [5.74, 6) is 0. The summed E-state index contributed by atoms with van der Waals surface area (Å²) in [7, 11) is 1.86. The quantitative estimate of drug-likeness (QED) is 0.672. The van der Waals surface area contributed by atoms with Crippen molar-refractivity contribution in [1.82, 2.24) is 0 Å². The van der Waals surface area contributed by atoms with Crippen molar-refractivity contribution >= 4 is 19.7 Å². The molecule has 0 saturated carbocycles. The molecule has 0 aromatic heterocycles. The first-order valence-electron chi connectivity index (χ1n) is 6.11. The van der Waals surface area contributed by atoms with Gasteiger partial charge in [0, 0.05) is 10.7 Å². The number of halogens is 1. The number of fused-ring (bicyclic) bond motifs is 3. The lowest BCUT2D eigenvalue weighted by Crippen LogP contribution is -2.03. The minimum Gasteiger partial charge on any atom is -0.212 e. The van der Waals surface area contributed by atoms with E-state index in [1.54, 1.807) is 6.92 Å². The molecule has 2 aromatic rings. The van der Waals surface area contributed by atoms with E-state index in [9.17, 15) is 8.42 Å². The largest absolute Gasteiger partial charge is 0.239 e. The van der Waals surface area contributed by atoms with Gasteiger partial charge >= 0.3 is 0 Å². The zero-order chi connectivity index (χ0) is 13.6. The van der Waals surface area contributed by atoms with E-state index < -0.39 is 14.3 Å². The molecule has 98 valence electrons. The topological polar surface area (TPSA) is 34.1 Å². The molecular formula is C15H13ClO2S. The maximum absolute atomic E-state index is 11.4. The Bertz CT molecular complexity index is 750. The molecule has 0 heterocycles. The number of hydrogen-bond acceptors (Lipinski definition) is 2. The summed E-state index contributed by atoms with van der Waals surface area (Å²) in [4.78, 5) is 0. The van der Waals surface area contributed by atoms with E-state index in [1.807, 2.05) is 30.3 Å². The van der Waals surface area contributed by atoms with Crippen LogP contribution < -0.4 is 0 Å². The van der Waals surface area contributed by atoms with Gasteiger partial charge in [-0.1, -0.05) is 42.5 Å². The van der Waals surface area contributed by atoms with Crippen molar-refractivity contribution in [3.05, 3.63) is 59.2 Å². The molecule has 0 bridgehead atoms. The van der Waals surface area contributed by atoms with Crippen LogP contribution in [0.25, 0.3) is 11.1 Å². The van der Waals surface area contributed by atoms with Gasteiger partial charge in [-0.3, -0.25) is 0 Å². The van der Waals surface area contributed by atoms with Crippen LogP contribution in [-0.4, -0.2) is 8.42 Å². The second kappa shape index (κ2) is 4.36. The first-order chi connectivity index (χ1) is 8.97. The average molecular weight is 293 g/mol. The summed E-state index contributed by atoms with van der Waals surface area (Å²) in [6.07, 6.45) is 0.856. The Morgan fingerprint density at radius 1 is 1.05 bits per heavy atom. The molecule has 0 saturated heterocycles. The fourth-order valence-electron chi connectivity index (χ4n) is 2.58. The highest BCUT2D eigenvalue weighted by Gasteiger charge is 2.23. The second-order valence-corrected chi connectivity index (χ2v) is 7.82. The third-order valence-corrected chi connectivity index (χ3v) is 5.63. The minimum atomic E-state index is -3.57. The van der Waals surface area contributed by atoms with E-state index in [1.165, 1.54) is 22.3 Å². The molecule has 19 heavy (non-hydrogen) atoms. The molecule has 1 aliphatic carbocycles. The standard InChI is InChI=1S/C15H13ClO2S/c1-10(19(16,17)18)11-6-7-15-13(8-11)9-12-4-2-3-5-14(12)15/h2-8,10H,9H2,1H3. The summed E-state index contributed by atoms with van der Waals surface area (Å²) in [5, 5.41) is -0.678. The molecular weight excluding hydrogens is 280 g/mol. The molecule has 0 fully saturated rings. The summed E-state index contributed by atoms with van der Waals surface area (Å²) < 4.78 is 22.8. The Hall–Kier alpha value is -1.32. The maximum Gasteiger partial charge on any atom is 0.239 e. The van der Waals surface area contributed by atoms with Crippen LogP contribution in [0.3, 0.4) is 0 Å². The SMILES string of the molecule is CC(c1ccc2c(c1)Cc1ccccc1-2)S(=O)(=O)Cl. The third kappa shape index (κ3) is 2.17. The monoisotopic (exact) mass is 292 g/mol. The van der Waals surface area contributed by atoms with Crippen molar-refractivity contribution in [2.45, 2.75) is 18.6 Å². The smallest absolute Gasteiger partial charge is 0.212 e. The van der Waals surface area contributed by atoms with Gasteiger partial charge in [0.05, 0.1) is 5.25 Å². The van der Waals surface area contributed by atoms with Gasteiger partial charge in [0.1, 0.15) is 0 Å². The highest BCUT2D eigenvalue weighted by atomic mass is 35.7. The van der Waals surface area contributed by atoms with E-state index in [4.69, 9.17) is 10.7 Å². The molecule has 4 heteroatoms. The average Bonchev–Trinajstić information content (AvgIpc) is 2.74. The van der Waals surface area contributed by atoms with Crippen LogP contribution >= 0.6 is 10.7 Å². The zero-order valence-corrected chi connectivity index (χ0v) is 12.0. The van der Waals surface area contributed by atoms with Gasteiger partial charge in [0.15, 0.2) is 0 Å². The maximum atomic E-state index is 11.4. The first-order valence-corrected chi connectivity index (χ1v) is 8.48. The Balaban J connectivity index is 2.07. The van der Waals surface area contributed by atoms with Crippen LogP contribution in [0.5, 0.6) is 0 Å². The Morgan fingerprint density at radius 2 is 1.74 bits per heavy atom. The predicted octanol–water partition coefficient (Wildman–Crippen LogP) is 3.89. The molecule has 1 unspecified atom stereocenters. The summed E-state index contributed by atoms with van der Waals surface area (Å²) in [5.41, 5.74) is 5.65. The summed E-state index contributed by atoms with van der Waals surface area (Å²) >= 11 is 0. The van der Waals surface area contributed by atoms with Gasteiger partial charge in [-0.05, 0) is 41.2 Å². The molecule has 0 spiro atoms. The van der Waals surface area contributed by atoms with E-state index in [2.05, 4.69) is 12.1 Å². The lowest BCUT2D eigenvalue weighted by atomic mass is 10.0. The number of hydrogen-bond donors (Lipinski definition) is 0. The fraction of sp³-hybridized carbons (Fsp3) is 0.200. The highest BCUT2D eigenvalue weighted by molar-refractivity contribution is 8.13. The lowest BCUT2D eigenvalue weighted by molar-refractivity contribution is 0.600. The normalized spacial score (nSPS) is 14.8. The fourth-order valence-corrected chi connectivity index (χ4v) is 3.36. The minimum absolute atomic E-state index is 0.678. The molecule has 0 aliphatic heterocycles. The number of benzene rings is 2. The molecule has 0 amide bonds. The molecule has 2 nitrogen and oxygen atoms in total. The van der Waals surface area contributed by atoms with E-state index >= 15 is 0 Å². The van der Waals surface area contributed by atoms with Crippen LogP contribution in [0.4, 0.5) is 0 Å². The van der Waals surface area contributed by atoms with Crippen molar-refractivity contribution < 1.29 is 8.42 Å². The van der Waals surface area contributed by atoms with Crippen molar-refractivity contribution in [1.29, 1.82) is 0 Å². The molecule has 2 aromatic carbocycles. The zero-order valence-electron chi connectivity index (χ0n) is 10.4. The van der Waals surface area contributed by atoms with Crippen molar-refractivity contribution in [3.8, 4) is 11.1 Å². The van der Waals surface area contributed by atoms with Gasteiger partial charge in [0.25, 0.3) is 0 Å². The van der Waals surface area contributed by atoms with Crippen LogP contribution in [0, 0.1) is 0 Å². The van der Waals surface area contributed by atoms with Crippen LogP contribution in [0.2, 0.25) is 0 Å². The summed E-state index contributed by atoms with van der Waals surface area (Å²) in [6.45, 7) is 1.62. The van der Waals surface area contributed by atoms with Gasteiger partial charge < -0.3 is 0 Å². The van der Waals surface area contributed by atoms with Crippen molar-refractivity contribution in [2.75, 3.05) is 0 Å². The molecule has 1 atom stereocenters. The van der Waals surface area contributed by atoms with Gasteiger partial charge in [-0.2, -0.15) is 0 Å². The first kappa shape index (κ1) is 12.7. The van der Waals surface area contributed by atoms with E-state index in [0.717, 1.165) is 12.0 Å². The lowest BCUT2D eigenvalue weighted by Gasteiger charge is -2.10. The van der Waals surface area contributed by atoms with Crippen LogP contribution in [0.15, 0.2) is 42.5 Å². The van der Waals surface area contributed by atoms with Gasteiger partial charge in [-0.15, -0.1) is 0 Å². The van der Waals surface area contributed by atoms with Crippen LogP contribution in [0.1, 0.15) is 28.9 Å². The van der Waals surface area contributed by atoms with Crippen LogP contribution in [-0.2, 0) is 15.5 Å². The Kier molecular flexibility index (Phi) is 2.91. The van der Waals surface area contributed by atoms with Gasteiger partial charge in [-0.25, -0.2) is 8.42 Å². The molecule has 0 N–H and O–H groups in total.